The lowest BCUT2D eigenvalue weighted by molar-refractivity contribution is 0.404. The molecule has 1 atom stereocenters. The molecule has 0 amide bonds. The Bertz CT molecular complexity index is 319. The second kappa shape index (κ2) is 3.88. The maximum absolute atomic E-state index is 9.76. The van der Waals surface area contributed by atoms with Crippen molar-refractivity contribution in [2.45, 2.75) is 18.9 Å². The van der Waals surface area contributed by atoms with E-state index in [1.807, 2.05) is 12.1 Å². The van der Waals surface area contributed by atoms with E-state index in [1.165, 1.54) is 6.42 Å². The van der Waals surface area contributed by atoms with Gasteiger partial charge < -0.3 is 15.2 Å². The molecule has 1 fully saturated rings. The minimum Gasteiger partial charge on any atom is -0.507 e. The number of ether oxygens (including phenoxy) is 1. The van der Waals surface area contributed by atoms with Gasteiger partial charge in [-0.15, -0.1) is 0 Å². The minimum absolute atomic E-state index is 0.306. The summed E-state index contributed by atoms with van der Waals surface area (Å²) in [5.41, 5.74) is 0.975. The van der Waals surface area contributed by atoms with Crippen LogP contribution in [-0.2, 0) is 0 Å². The van der Waals surface area contributed by atoms with Crippen molar-refractivity contribution in [1.29, 1.82) is 0 Å². The Labute approximate surface area is 83.7 Å². The fraction of sp³-hybridized carbons (Fsp3) is 0.455. The number of methoxy groups -OCH3 is 1. The predicted octanol–water partition coefficient (Wildman–Crippen LogP) is 1.83. The zero-order valence-corrected chi connectivity index (χ0v) is 8.29. The van der Waals surface area contributed by atoms with E-state index in [4.69, 9.17) is 4.74 Å². The first kappa shape index (κ1) is 9.34. The third-order valence-corrected chi connectivity index (χ3v) is 2.67. The van der Waals surface area contributed by atoms with Crippen LogP contribution in [0.2, 0.25) is 0 Å². The van der Waals surface area contributed by atoms with Crippen LogP contribution in [0.3, 0.4) is 0 Å². The zero-order valence-electron chi connectivity index (χ0n) is 8.29. The molecule has 2 rings (SSSR count). The van der Waals surface area contributed by atoms with E-state index in [2.05, 4.69) is 5.32 Å². The van der Waals surface area contributed by atoms with Crippen LogP contribution in [0.1, 0.15) is 24.4 Å². The quantitative estimate of drug-likeness (QED) is 0.752. The molecule has 0 saturated carbocycles. The summed E-state index contributed by atoms with van der Waals surface area (Å²) < 4.78 is 5.03. The highest BCUT2D eigenvalue weighted by Crippen LogP contribution is 2.32. The van der Waals surface area contributed by atoms with E-state index in [0.29, 0.717) is 17.5 Å². The fourth-order valence-corrected chi connectivity index (χ4v) is 1.90. The predicted molar refractivity (Wildman–Crippen MR) is 54.6 cm³/mol. The zero-order chi connectivity index (χ0) is 9.97. The Morgan fingerprint density at radius 1 is 1.50 bits per heavy atom. The van der Waals surface area contributed by atoms with Gasteiger partial charge in [0, 0.05) is 17.7 Å². The molecule has 1 aromatic rings. The molecule has 1 heterocycles. The van der Waals surface area contributed by atoms with E-state index in [1.54, 1.807) is 13.2 Å². The number of rotatable bonds is 2. The number of phenolic OH excluding ortho intramolecular Hbond substituents is 1. The third-order valence-electron chi connectivity index (χ3n) is 2.67. The molecule has 1 aliphatic rings. The SMILES string of the molecule is COc1ccc([C@H]2CCCN2)c(O)c1. The molecule has 76 valence electrons. The number of hydrogen-bond donors (Lipinski definition) is 2. The number of benzene rings is 1. The molecule has 2 N–H and O–H groups in total. The molecule has 3 heteroatoms. The average molecular weight is 193 g/mol. The van der Waals surface area contributed by atoms with Crippen molar-refractivity contribution in [1.82, 2.24) is 5.32 Å². The largest absolute Gasteiger partial charge is 0.507 e. The van der Waals surface area contributed by atoms with E-state index >= 15 is 0 Å². The Kier molecular flexibility index (Phi) is 2.59. The van der Waals surface area contributed by atoms with Gasteiger partial charge >= 0.3 is 0 Å². The molecular weight excluding hydrogens is 178 g/mol. The molecule has 0 radical (unpaired) electrons. The van der Waals surface area contributed by atoms with Gasteiger partial charge in [0.2, 0.25) is 0 Å². The molecule has 3 nitrogen and oxygen atoms in total. The molecular formula is C11H15NO2. The average Bonchev–Trinajstić information content (AvgIpc) is 2.70. The summed E-state index contributed by atoms with van der Waals surface area (Å²) >= 11 is 0. The van der Waals surface area contributed by atoms with Crippen molar-refractivity contribution in [3.63, 3.8) is 0 Å². The van der Waals surface area contributed by atoms with Crippen molar-refractivity contribution >= 4 is 0 Å². The summed E-state index contributed by atoms with van der Waals surface area (Å²) in [4.78, 5) is 0. The van der Waals surface area contributed by atoms with Crippen LogP contribution in [0, 0.1) is 0 Å². The standard InChI is InChI=1S/C11H15NO2/c1-14-8-4-5-9(11(13)7-8)10-3-2-6-12-10/h4-5,7,10,12-13H,2-3,6H2,1H3/t10-/m1/s1. The molecule has 0 aromatic heterocycles. The first-order valence-electron chi connectivity index (χ1n) is 4.91. The van der Waals surface area contributed by atoms with Crippen LogP contribution in [0.15, 0.2) is 18.2 Å². The molecule has 0 spiro atoms. The van der Waals surface area contributed by atoms with Gasteiger partial charge in [-0.1, -0.05) is 6.07 Å². The highest BCUT2D eigenvalue weighted by Gasteiger charge is 2.19. The third kappa shape index (κ3) is 1.68. The summed E-state index contributed by atoms with van der Waals surface area (Å²) in [6, 6.07) is 5.78. The second-order valence-electron chi connectivity index (χ2n) is 3.57. The molecule has 14 heavy (non-hydrogen) atoms. The molecule has 1 aliphatic heterocycles. The maximum Gasteiger partial charge on any atom is 0.124 e. The Morgan fingerprint density at radius 3 is 2.93 bits per heavy atom. The van der Waals surface area contributed by atoms with Crippen LogP contribution in [0.5, 0.6) is 11.5 Å². The lowest BCUT2D eigenvalue weighted by Crippen LogP contribution is -2.12. The van der Waals surface area contributed by atoms with Crippen molar-refractivity contribution in [3.8, 4) is 11.5 Å². The Hall–Kier alpha value is -1.22. The second-order valence-corrected chi connectivity index (χ2v) is 3.57. The van der Waals surface area contributed by atoms with E-state index < -0.39 is 0 Å². The molecule has 0 bridgehead atoms. The van der Waals surface area contributed by atoms with Gasteiger partial charge in [0.25, 0.3) is 0 Å². The summed E-state index contributed by atoms with van der Waals surface area (Å²) in [5.74, 6) is 1.02. The molecule has 0 unspecified atom stereocenters. The number of nitrogens with one attached hydrogen (secondary N) is 1. The first-order chi connectivity index (χ1) is 6.81. The Morgan fingerprint density at radius 2 is 2.36 bits per heavy atom. The highest BCUT2D eigenvalue weighted by atomic mass is 16.5. The van der Waals surface area contributed by atoms with Gasteiger partial charge in [0.1, 0.15) is 11.5 Å². The van der Waals surface area contributed by atoms with Crippen molar-refractivity contribution in [3.05, 3.63) is 23.8 Å². The van der Waals surface area contributed by atoms with Gasteiger partial charge in [-0.3, -0.25) is 0 Å². The topological polar surface area (TPSA) is 41.5 Å². The van der Waals surface area contributed by atoms with E-state index in [0.717, 1.165) is 18.5 Å². The summed E-state index contributed by atoms with van der Waals surface area (Å²) in [6.45, 7) is 1.04. The Balaban J connectivity index is 2.25. The van der Waals surface area contributed by atoms with Gasteiger partial charge in [0.05, 0.1) is 7.11 Å². The van der Waals surface area contributed by atoms with Crippen molar-refractivity contribution in [2.75, 3.05) is 13.7 Å². The van der Waals surface area contributed by atoms with Crippen LogP contribution in [0.25, 0.3) is 0 Å². The monoisotopic (exact) mass is 193 g/mol. The lowest BCUT2D eigenvalue weighted by atomic mass is 10.0. The smallest absolute Gasteiger partial charge is 0.124 e. The van der Waals surface area contributed by atoms with Gasteiger partial charge in [-0.05, 0) is 25.5 Å². The van der Waals surface area contributed by atoms with Gasteiger partial charge in [-0.25, -0.2) is 0 Å². The maximum atomic E-state index is 9.76. The van der Waals surface area contributed by atoms with Crippen molar-refractivity contribution in [2.24, 2.45) is 0 Å². The number of phenols is 1. The van der Waals surface area contributed by atoms with E-state index in [-0.39, 0.29) is 0 Å². The van der Waals surface area contributed by atoms with E-state index in [9.17, 15) is 5.11 Å². The lowest BCUT2D eigenvalue weighted by Gasteiger charge is -2.13. The molecule has 1 aromatic carbocycles. The van der Waals surface area contributed by atoms with Crippen LogP contribution < -0.4 is 10.1 Å². The number of aromatic hydroxyl groups is 1. The summed E-state index contributed by atoms with van der Waals surface area (Å²) in [5, 5.41) is 13.1. The normalized spacial score (nSPS) is 21.1. The fourth-order valence-electron chi connectivity index (χ4n) is 1.90. The molecule has 1 saturated heterocycles. The molecule has 0 aliphatic carbocycles. The van der Waals surface area contributed by atoms with Gasteiger partial charge in [-0.2, -0.15) is 0 Å². The van der Waals surface area contributed by atoms with Gasteiger partial charge in [0.15, 0.2) is 0 Å². The van der Waals surface area contributed by atoms with Crippen LogP contribution >= 0.6 is 0 Å². The first-order valence-corrected chi connectivity index (χ1v) is 4.91. The van der Waals surface area contributed by atoms with Crippen LogP contribution in [-0.4, -0.2) is 18.8 Å². The summed E-state index contributed by atoms with van der Waals surface area (Å²) in [6.07, 6.45) is 2.27. The number of hydrogen-bond acceptors (Lipinski definition) is 3. The van der Waals surface area contributed by atoms with Crippen molar-refractivity contribution < 1.29 is 9.84 Å². The minimum atomic E-state index is 0.306. The summed E-state index contributed by atoms with van der Waals surface area (Å²) in [7, 11) is 1.60. The van der Waals surface area contributed by atoms with Crippen LogP contribution in [0.4, 0.5) is 0 Å². The highest BCUT2D eigenvalue weighted by molar-refractivity contribution is 5.41.